The Labute approximate surface area is 112 Å². The van der Waals surface area contributed by atoms with Crippen LogP contribution in [0, 0.1) is 11.2 Å². The second kappa shape index (κ2) is 6.12. The lowest BCUT2D eigenvalue weighted by Gasteiger charge is -2.37. The Hall–Kier alpha value is -1.46. The summed E-state index contributed by atoms with van der Waals surface area (Å²) in [6.45, 7) is 1.30. The van der Waals surface area contributed by atoms with Crippen LogP contribution in [0.2, 0.25) is 0 Å². The Balaban J connectivity index is 2.17. The molecule has 0 radical (unpaired) electrons. The van der Waals surface area contributed by atoms with Gasteiger partial charge in [-0.3, -0.25) is 10.3 Å². The van der Waals surface area contributed by atoms with Crippen molar-refractivity contribution >= 4 is 5.84 Å². The fourth-order valence-corrected chi connectivity index (χ4v) is 2.43. The van der Waals surface area contributed by atoms with E-state index in [9.17, 15) is 4.39 Å². The largest absolute Gasteiger partial charge is 0.395 e. The zero-order valence-corrected chi connectivity index (χ0v) is 10.9. The maximum Gasteiger partial charge on any atom is 0.123 e. The Morgan fingerprint density at radius 2 is 2.21 bits per heavy atom. The van der Waals surface area contributed by atoms with E-state index in [4.69, 9.17) is 16.2 Å². The number of halogens is 1. The molecule has 0 atom stereocenters. The Morgan fingerprint density at radius 1 is 1.47 bits per heavy atom. The number of nitrogens with one attached hydrogen (secondary N) is 1. The van der Waals surface area contributed by atoms with Gasteiger partial charge in [-0.1, -0.05) is 12.5 Å². The third-order valence-electron chi connectivity index (χ3n) is 3.71. The highest BCUT2D eigenvalue weighted by molar-refractivity contribution is 5.96. The van der Waals surface area contributed by atoms with Crippen molar-refractivity contribution in [3.8, 4) is 0 Å². The lowest BCUT2D eigenvalue weighted by atomic mass is 9.91. The smallest absolute Gasteiger partial charge is 0.123 e. The van der Waals surface area contributed by atoms with Crippen LogP contribution in [0.5, 0.6) is 0 Å². The highest BCUT2D eigenvalue weighted by Crippen LogP contribution is 2.26. The van der Waals surface area contributed by atoms with Gasteiger partial charge in [0.15, 0.2) is 0 Å². The zero-order valence-electron chi connectivity index (χ0n) is 10.9. The average molecular weight is 265 g/mol. The summed E-state index contributed by atoms with van der Waals surface area (Å²) in [6, 6.07) is 4.85. The van der Waals surface area contributed by atoms with Crippen LogP contribution in [-0.2, 0) is 6.54 Å². The number of benzene rings is 1. The van der Waals surface area contributed by atoms with E-state index in [1.165, 1.54) is 18.6 Å². The molecule has 0 aromatic heterocycles. The molecule has 0 heterocycles. The molecule has 2 rings (SSSR count). The monoisotopic (exact) mass is 265 g/mol. The fraction of sp³-hybridized carbons (Fsp3) is 0.500. The minimum Gasteiger partial charge on any atom is -0.395 e. The molecule has 1 aliphatic rings. The molecule has 0 saturated heterocycles. The van der Waals surface area contributed by atoms with Crippen LogP contribution in [0.1, 0.15) is 30.4 Å². The maximum atomic E-state index is 13.2. The molecule has 1 saturated carbocycles. The zero-order chi connectivity index (χ0) is 13.8. The minimum absolute atomic E-state index is 0.104. The van der Waals surface area contributed by atoms with Gasteiger partial charge in [-0.15, -0.1) is 0 Å². The molecule has 1 aromatic rings. The summed E-state index contributed by atoms with van der Waals surface area (Å²) in [7, 11) is 0. The molecule has 4 nitrogen and oxygen atoms in total. The van der Waals surface area contributed by atoms with Crippen LogP contribution in [0.4, 0.5) is 4.39 Å². The highest BCUT2D eigenvalue weighted by Gasteiger charge is 2.25. The van der Waals surface area contributed by atoms with Crippen molar-refractivity contribution in [2.75, 3.05) is 13.2 Å². The molecule has 1 aromatic carbocycles. The Bertz CT molecular complexity index is 460. The first kappa shape index (κ1) is 14.0. The van der Waals surface area contributed by atoms with Gasteiger partial charge in [-0.05, 0) is 30.5 Å². The highest BCUT2D eigenvalue weighted by atomic mass is 19.1. The second-order valence-electron chi connectivity index (χ2n) is 4.99. The van der Waals surface area contributed by atoms with E-state index in [2.05, 4.69) is 4.90 Å². The van der Waals surface area contributed by atoms with Crippen molar-refractivity contribution in [3.63, 3.8) is 0 Å². The van der Waals surface area contributed by atoms with Gasteiger partial charge in [0.1, 0.15) is 11.7 Å². The topological polar surface area (TPSA) is 73.3 Å². The van der Waals surface area contributed by atoms with Gasteiger partial charge >= 0.3 is 0 Å². The standard InChI is InChI=1S/C14H20FN3O/c15-11-5-4-10(13(8-11)14(16)17)9-18(6-7-19)12-2-1-3-12/h4-5,8,12,19H,1-3,6-7,9H2,(H3,16,17). The van der Waals surface area contributed by atoms with Gasteiger partial charge < -0.3 is 10.8 Å². The normalized spacial score (nSPS) is 15.5. The molecule has 0 spiro atoms. The summed E-state index contributed by atoms with van der Waals surface area (Å²) in [5, 5.41) is 16.7. The molecule has 0 bridgehead atoms. The van der Waals surface area contributed by atoms with Crippen molar-refractivity contribution in [1.82, 2.24) is 4.90 Å². The Morgan fingerprint density at radius 3 is 2.74 bits per heavy atom. The molecule has 0 amide bonds. The first-order valence-corrected chi connectivity index (χ1v) is 6.59. The molecule has 19 heavy (non-hydrogen) atoms. The SMILES string of the molecule is N=C(N)c1cc(F)ccc1CN(CCO)C1CCC1. The van der Waals surface area contributed by atoms with E-state index in [0.717, 1.165) is 18.4 Å². The van der Waals surface area contributed by atoms with Crippen LogP contribution >= 0.6 is 0 Å². The number of aliphatic hydroxyl groups is 1. The van der Waals surface area contributed by atoms with E-state index in [1.807, 2.05) is 0 Å². The van der Waals surface area contributed by atoms with E-state index in [1.54, 1.807) is 6.07 Å². The molecule has 1 aliphatic carbocycles. The van der Waals surface area contributed by atoms with Crippen molar-refractivity contribution in [1.29, 1.82) is 5.41 Å². The van der Waals surface area contributed by atoms with Gasteiger partial charge in [0.05, 0.1) is 6.61 Å². The van der Waals surface area contributed by atoms with Crippen molar-refractivity contribution in [2.45, 2.75) is 31.8 Å². The van der Waals surface area contributed by atoms with E-state index < -0.39 is 0 Å². The molecule has 0 unspecified atom stereocenters. The molecule has 1 fully saturated rings. The maximum absolute atomic E-state index is 13.2. The molecule has 5 heteroatoms. The van der Waals surface area contributed by atoms with Crippen LogP contribution in [-0.4, -0.2) is 35.0 Å². The predicted octanol–water partition coefficient (Wildman–Crippen LogP) is 1.46. The average Bonchev–Trinajstić information content (AvgIpc) is 2.29. The summed E-state index contributed by atoms with van der Waals surface area (Å²) in [4.78, 5) is 2.18. The van der Waals surface area contributed by atoms with Gasteiger partial charge in [-0.25, -0.2) is 4.39 Å². The lowest BCUT2D eigenvalue weighted by Crippen LogP contribution is -2.41. The third kappa shape index (κ3) is 3.30. The van der Waals surface area contributed by atoms with Crippen LogP contribution in [0.15, 0.2) is 18.2 Å². The molecule has 0 aliphatic heterocycles. The first-order valence-electron chi connectivity index (χ1n) is 6.59. The van der Waals surface area contributed by atoms with Crippen molar-refractivity contribution in [3.05, 3.63) is 35.1 Å². The van der Waals surface area contributed by atoms with Crippen LogP contribution in [0.3, 0.4) is 0 Å². The van der Waals surface area contributed by atoms with E-state index in [0.29, 0.717) is 24.7 Å². The predicted molar refractivity (Wildman–Crippen MR) is 72.6 cm³/mol. The number of hydrogen-bond donors (Lipinski definition) is 3. The molecular weight excluding hydrogens is 245 g/mol. The number of aliphatic hydroxyl groups excluding tert-OH is 1. The van der Waals surface area contributed by atoms with Crippen molar-refractivity contribution in [2.24, 2.45) is 5.73 Å². The summed E-state index contributed by atoms with van der Waals surface area (Å²) < 4.78 is 13.2. The number of nitrogens with zero attached hydrogens (tertiary/aromatic N) is 1. The van der Waals surface area contributed by atoms with Gasteiger partial charge in [-0.2, -0.15) is 0 Å². The van der Waals surface area contributed by atoms with E-state index in [-0.39, 0.29) is 18.3 Å². The Kier molecular flexibility index (Phi) is 4.50. The second-order valence-corrected chi connectivity index (χ2v) is 4.99. The number of amidine groups is 1. The number of nitrogens with two attached hydrogens (primary N) is 1. The summed E-state index contributed by atoms with van der Waals surface area (Å²) in [5.41, 5.74) is 6.79. The van der Waals surface area contributed by atoms with Crippen molar-refractivity contribution < 1.29 is 9.50 Å². The van der Waals surface area contributed by atoms with Gasteiger partial charge in [0, 0.05) is 24.7 Å². The quantitative estimate of drug-likeness (QED) is 0.538. The van der Waals surface area contributed by atoms with E-state index >= 15 is 0 Å². The number of rotatable bonds is 6. The van der Waals surface area contributed by atoms with Crippen LogP contribution in [0.25, 0.3) is 0 Å². The third-order valence-corrected chi connectivity index (χ3v) is 3.71. The minimum atomic E-state index is -0.383. The summed E-state index contributed by atoms with van der Waals surface area (Å²) in [6.07, 6.45) is 3.49. The number of nitrogen functional groups attached to an aromatic ring is 1. The molecule has 4 N–H and O–H groups in total. The van der Waals surface area contributed by atoms with Crippen LogP contribution < -0.4 is 5.73 Å². The first-order chi connectivity index (χ1) is 9.11. The van der Waals surface area contributed by atoms with Gasteiger partial charge in [0.25, 0.3) is 0 Å². The van der Waals surface area contributed by atoms with Gasteiger partial charge in [0.2, 0.25) is 0 Å². The molecule has 104 valence electrons. The summed E-state index contributed by atoms with van der Waals surface area (Å²) >= 11 is 0. The fourth-order valence-electron chi connectivity index (χ4n) is 2.43. The number of hydrogen-bond acceptors (Lipinski definition) is 3. The molecular formula is C14H20FN3O. The lowest BCUT2D eigenvalue weighted by molar-refractivity contribution is 0.0945. The summed E-state index contributed by atoms with van der Waals surface area (Å²) in [5.74, 6) is -0.502.